The van der Waals surface area contributed by atoms with E-state index >= 15 is 0 Å². The summed E-state index contributed by atoms with van der Waals surface area (Å²) < 4.78 is 2.35. The van der Waals surface area contributed by atoms with Gasteiger partial charge < -0.3 is 5.73 Å². The van der Waals surface area contributed by atoms with Crippen LogP contribution in [-0.4, -0.2) is 5.11 Å². The van der Waals surface area contributed by atoms with Crippen LogP contribution in [0, 0.1) is 0 Å². The predicted octanol–water partition coefficient (Wildman–Crippen LogP) is 0.130. The second-order valence-electron chi connectivity index (χ2n) is 0.459. The summed E-state index contributed by atoms with van der Waals surface area (Å²) in [5.74, 6) is 0. The minimum atomic E-state index is 0.255. The van der Waals surface area contributed by atoms with Crippen LogP contribution in [0.4, 0.5) is 0 Å². The molecule has 0 amide bonds. The van der Waals surface area contributed by atoms with E-state index in [1.54, 1.807) is 0 Å². The fourth-order valence-electron chi connectivity index (χ4n) is 0. The Morgan fingerprint density at radius 1 is 2.00 bits per heavy atom. The Labute approximate surface area is 44.1 Å². The minimum Gasteiger partial charge on any atom is -0.376 e. The molecule has 0 unspecified atom stereocenters. The summed E-state index contributed by atoms with van der Waals surface area (Å²) in [5, 5.41) is 0.255. The van der Waals surface area contributed by atoms with E-state index in [0.29, 0.717) is 0 Å². The van der Waals surface area contributed by atoms with Gasteiger partial charge in [-0.05, 0) is 12.2 Å². The number of rotatable bonds is 0. The number of hydrogen-bond donors (Lipinski definition) is 2. The van der Waals surface area contributed by atoms with Crippen molar-refractivity contribution in [1.29, 1.82) is 0 Å². The van der Waals surface area contributed by atoms with Gasteiger partial charge in [0.05, 0.1) is 0 Å². The van der Waals surface area contributed by atoms with Crippen molar-refractivity contribution in [3.05, 3.63) is 0 Å². The normalized spacial score (nSPS) is 6.60. The van der Waals surface area contributed by atoms with E-state index in [1.165, 1.54) is 0 Å². The van der Waals surface area contributed by atoms with Crippen LogP contribution in [-0.2, 0) is 0 Å². The van der Waals surface area contributed by atoms with E-state index in [2.05, 4.69) is 32.7 Å². The molecule has 0 bridgehead atoms. The largest absolute Gasteiger partial charge is 0.376 e. The van der Waals surface area contributed by atoms with Gasteiger partial charge in [-0.25, -0.2) is 0 Å². The first-order valence-electron chi connectivity index (χ1n) is 0.932. The Morgan fingerprint density at radius 2 is 2.20 bits per heavy atom. The number of thiocarbonyl (C=S) groups is 1. The molecule has 4 heteroatoms. The molecule has 0 aliphatic rings. The van der Waals surface area contributed by atoms with Crippen LogP contribution in [0.3, 0.4) is 0 Å². The zero-order valence-corrected chi connectivity index (χ0v) is 4.77. The zero-order chi connectivity index (χ0) is 4.28. The highest BCUT2D eigenvalue weighted by atomic mass is 79.9. The Bertz CT molecular complexity index is 44.9. The van der Waals surface area contributed by atoms with E-state index in [4.69, 9.17) is 5.73 Å². The monoisotopic (exact) mass is 154 g/mol. The van der Waals surface area contributed by atoms with Gasteiger partial charge in [-0.3, -0.25) is 4.34 Å². The van der Waals surface area contributed by atoms with Gasteiger partial charge >= 0.3 is 0 Å². The van der Waals surface area contributed by atoms with Crippen molar-refractivity contribution in [3.63, 3.8) is 0 Å². The highest BCUT2D eigenvalue weighted by Crippen LogP contribution is 1.61. The standard InChI is InChI=1S/CH3BrN2S/c2-4-1(3)5/h(H3,3,4,5). The van der Waals surface area contributed by atoms with Gasteiger partial charge in [0.1, 0.15) is 0 Å². The van der Waals surface area contributed by atoms with E-state index in [-0.39, 0.29) is 5.11 Å². The first kappa shape index (κ1) is 5.17. The molecule has 0 aromatic carbocycles. The lowest BCUT2D eigenvalue weighted by molar-refractivity contribution is 1.54. The third-order valence-electron chi connectivity index (χ3n) is 0.0931. The second-order valence-corrected chi connectivity index (χ2v) is 1.30. The summed E-state index contributed by atoms with van der Waals surface area (Å²) in [6.45, 7) is 0. The van der Waals surface area contributed by atoms with Crippen LogP contribution in [0.5, 0.6) is 0 Å². The molecule has 0 atom stereocenters. The third-order valence-corrected chi connectivity index (χ3v) is 0.885. The molecule has 30 valence electrons. The maximum atomic E-state index is 4.87. The number of nitrogens with two attached hydrogens (primary N) is 1. The van der Waals surface area contributed by atoms with Gasteiger partial charge in [-0.1, -0.05) is 0 Å². The van der Waals surface area contributed by atoms with Crippen LogP contribution >= 0.6 is 28.4 Å². The molecule has 3 N–H and O–H groups in total. The number of hydrogen-bond acceptors (Lipinski definition) is 1. The quantitative estimate of drug-likeness (QED) is 0.385. The van der Waals surface area contributed by atoms with Crippen molar-refractivity contribution in [2.75, 3.05) is 0 Å². The molecule has 0 aliphatic carbocycles. The van der Waals surface area contributed by atoms with Gasteiger partial charge in [-0.2, -0.15) is 0 Å². The van der Waals surface area contributed by atoms with Crippen LogP contribution in [0.2, 0.25) is 0 Å². The smallest absolute Gasteiger partial charge is 0.173 e. The minimum absolute atomic E-state index is 0.255. The Hall–Kier alpha value is 0.170. The van der Waals surface area contributed by atoms with E-state index in [0.717, 1.165) is 0 Å². The van der Waals surface area contributed by atoms with Gasteiger partial charge in [-0.15, -0.1) is 0 Å². The lowest BCUT2D eigenvalue weighted by atomic mass is 11.3. The lowest BCUT2D eigenvalue weighted by Crippen LogP contribution is -2.18. The van der Waals surface area contributed by atoms with Gasteiger partial charge in [0.15, 0.2) is 5.11 Å². The highest BCUT2D eigenvalue weighted by Gasteiger charge is 1.68. The van der Waals surface area contributed by atoms with E-state index < -0.39 is 0 Å². The first-order valence-corrected chi connectivity index (χ1v) is 2.13. The van der Waals surface area contributed by atoms with Crippen molar-refractivity contribution >= 4 is 33.5 Å². The Morgan fingerprint density at radius 3 is 2.20 bits per heavy atom. The molecule has 0 aromatic rings. The molecular weight excluding hydrogens is 152 g/mol. The molecule has 0 saturated heterocycles. The molecule has 0 aliphatic heterocycles. The molecular formula is CH3BrN2S. The predicted molar refractivity (Wildman–Crippen MR) is 28.8 cm³/mol. The molecule has 0 aromatic heterocycles. The fourth-order valence-corrected chi connectivity index (χ4v) is 0. The molecule has 5 heavy (non-hydrogen) atoms. The number of halogens is 1. The highest BCUT2D eigenvalue weighted by molar-refractivity contribution is 9.08. The summed E-state index contributed by atoms with van der Waals surface area (Å²) >= 11 is 7.11. The van der Waals surface area contributed by atoms with Gasteiger partial charge in [0.2, 0.25) is 0 Å². The van der Waals surface area contributed by atoms with E-state index in [9.17, 15) is 0 Å². The average molecular weight is 155 g/mol. The van der Waals surface area contributed by atoms with Crippen LogP contribution < -0.4 is 10.1 Å². The maximum absolute atomic E-state index is 4.87. The summed E-state index contributed by atoms with van der Waals surface area (Å²) in [5.41, 5.74) is 4.87. The summed E-state index contributed by atoms with van der Waals surface area (Å²) in [7, 11) is 0. The topological polar surface area (TPSA) is 38.0 Å². The zero-order valence-electron chi connectivity index (χ0n) is 2.36. The first-order chi connectivity index (χ1) is 2.27. The second kappa shape index (κ2) is 2.41. The molecule has 2 nitrogen and oxygen atoms in total. The Balaban J connectivity index is 2.85. The third kappa shape index (κ3) is 4.17. The summed E-state index contributed by atoms with van der Waals surface area (Å²) in [6.07, 6.45) is 0. The Kier molecular flexibility index (Phi) is 2.49. The van der Waals surface area contributed by atoms with Gasteiger partial charge in [0, 0.05) is 16.1 Å². The number of nitrogens with one attached hydrogen (secondary N) is 1. The maximum Gasteiger partial charge on any atom is 0.173 e. The molecule has 0 rings (SSSR count). The van der Waals surface area contributed by atoms with Crippen molar-refractivity contribution in [2.24, 2.45) is 5.73 Å². The fraction of sp³-hybridized carbons (Fsp3) is 0. The van der Waals surface area contributed by atoms with Crippen molar-refractivity contribution < 1.29 is 0 Å². The lowest BCUT2D eigenvalue weighted by Gasteiger charge is -1.82. The van der Waals surface area contributed by atoms with Crippen LogP contribution in [0.15, 0.2) is 0 Å². The molecule has 0 spiro atoms. The van der Waals surface area contributed by atoms with Crippen molar-refractivity contribution in [1.82, 2.24) is 4.34 Å². The SMILES string of the molecule is NC(=S)NBr. The molecule has 0 radical (unpaired) electrons. The molecule has 0 saturated carbocycles. The average Bonchev–Trinajstić information content (AvgIpc) is 1.38. The molecule has 0 heterocycles. The van der Waals surface area contributed by atoms with Crippen molar-refractivity contribution in [3.8, 4) is 0 Å². The van der Waals surface area contributed by atoms with Gasteiger partial charge in [0.25, 0.3) is 0 Å². The summed E-state index contributed by atoms with van der Waals surface area (Å²) in [6, 6.07) is 0. The summed E-state index contributed by atoms with van der Waals surface area (Å²) in [4.78, 5) is 0. The molecule has 0 fully saturated rings. The van der Waals surface area contributed by atoms with Crippen molar-refractivity contribution in [2.45, 2.75) is 0 Å². The van der Waals surface area contributed by atoms with Crippen LogP contribution in [0.1, 0.15) is 0 Å². The van der Waals surface area contributed by atoms with Crippen LogP contribution in [0.25, 0.3) is 0 Å². The van der Waals surface area contributed by atoms with E-state index in [1.807, 2.05) is 0 Å².